The van der Waals surface area contributed by atoms with Crippen LogP contribution in [0.4, 0.5) is 11.4 Å². The van der Waals surface area contributed by atoms with Crippen LogP contribution in [0.25, 0.3) is 0 Å². The highest BCUT2D eigenvalue weighted by Crippen LogP contribution is 2.37. The Labute approximate surface area is 168 Å². The summed E-state index contributed by atoms with van der Waals surface area (Å²) in [6.07, 6.45) is 3.09. The molecule has 0 radical (unpaired) electrons. The Morgan fingerprint density at radius 3 is 2.43 bits per heavy atom. The van der Waals surface area contributed by atoms with Crippen LogP contribution in [-0.2, 0) is 17.6 Å². The van der Waals surface area contributed by atoms with Crippen LogP contribution in [-0.4, -0.2) is 17.6 Å². The predicted octanol–water partition coefficient (Wildman–Crippen LogP) is 4.40. The van der Waals surface area contributed by atoms with Crippen molar-refractivity contribution in [2.45, 2.75) is 59.3 Å². The summed E-state index contributed by atoms with van der Waals surface area (Å²) >= 11 is 0. The summed E-state index contributed by atoms with van der Waals surface area (Å²) in [6.45, 7) is 8.85. The van der Waals surface area contributed by atoms with E-state index in [-0.39, 0.29) is 12.3 Å². The summed E-state index contributed by atoms with van der Waals surface area (Å²) in [5, 5.41) is 11.2. The second kappa shape index (κ2) is 9.60. The van der Waals surface area contributed by atoms with Gasteiger partial charge in [-0.1, -0.05) is 44.5 Å². The first-order valence-corrected chi connectivity index (χ1v) is 10.1. The Morgan fingerprint density at radius 2 is 1.86 bits per heavy atom. The molecule has 0 saturated carbocycles. The third-order valence-electron chi connectivity index (χ3n) is 5.47. The zero-order valence-electron chi connectivity index (χ0n) is 17.5. The van der Waals surface area contributed by atoms with Crippen molar-refractivity contribution in [1.29, 1.82) is 0 Å². The van der Waals surface area contributed by atoms with Crippen LogP contribution in [0.3, 0.4) is 0 Å². The van der Waals surface area contributed by atoms with Gasteiger partial charge in [0.1, 0.15) is 0 Å². The number of aliphatic carboxylic acids is 1. The molecule has 0 amide bonds. The highest BCUT2D eigenvalue weighted by atomic mass is 16.4. The van der Waals surface area contributed by atoms with Gasteiger partial charge in [-0.25, -0.2) is 5.84 Å². The van der Waals surface area contributed by atoms with Crippen molar-refractivity contribution in [1.82, 2.24) is 0 Å². The largest absolute Gasteiger partial charge is 0.481 e. The third-order valence-corrected chi connectivity index (χ3v) is 5.47. The number of hydrogen-bond donors (Lipinski definition) is 3. The molecular weight excluding hydrogens is 350 g/mol. The molecule has 0 heterocycles. The first kappa shape index (κ1) is 21.8. The number of carbonyl (C=O) groups is 1. The van der Waals surface area contributed by atoms with Crippen molar-refractivity contribution in [3.05, 3.63) is 58.1 Å². The van der Waals surface area contributed by atoms with Gasteiger partial charge in [0.2, 0.25) is 0 Å². The molecule has 1 unspecified atom stereocenters. The topological polar surface area (TPSA) is 92.6 Å². The maximum absolute atomic E-state index is 11.6. The monoisotopic (exact) mass is 383 g/mol. The first-order valence-electron chi connectivity index (χ1n) is 10.1. The first-order chi connectivity index (χ1) is 13.3. The summed E-state index contributed by atoms with van der Waals surface area (Å²) in [6, 6.07) is 10.3. The predicted molar refractivity (Wildman–Crippen MR) is 117 cm³/mol. The minimum absolute atomic E-state index is 0.0238. The van der Waals surface area contributed by atoms with Gasteiger partial charge in [-0.2, -0.15) is 0 Å². The maximum atomic E-state index is 11.6. The second-order valence-electron chi connectivity index (χ2n) is 7.28. The van der Waals surface area contributed by atoms with Crippen LogP contribution in [0.1, 0.15) is 67.3 Å². The lowest BCUT2D eigenvalue weighted by Crippen LogP contribution is -2.31. The molecule has 2 aromatic carbocycles. The normalized spacial score (nSPS) is 12.0. The van der Waals surface area contributed by atoms with Gasteiger partial charge in [-0.3, -0.25) is 4.79 Å². The Balaban J connectivity index is 2.56. The average molecular weight is 384 g/mol. The molecule has 0 aliphatic carbocycles. The molecule has 5 nitrogen and oxygen atoms in total. The van der Waals surface area contributed by atoms with E-state index < -0.39 is 5.97 Å². The average Bonchev–Trinajstić information content (AvgIpc) is 2.68. The molecule has 152 valence electrons. The van der Waals surface area contributed by atoms with E-state index in [4.69, 9.17) is 11.6 Å². The molecule has 0 spiro atoms. The molecular formula is C23H33N3O2. The van der Waals surface area contributed by atoms with Gasteiger partial charge in [0.15, 0.2) is 0 Å². The zero-order valence-corrected chi connectivity index (χ0v) is 17.5. The quantitative estimate of drug-likeness (QED) is 0.339. The van der Waals surface area contributed by atoms with Gasteiger partial charge in [0.25, 0.3) is 0 Å². The van der Waals surface area contributed by atoms with Gasteiger partial charge in [-0.05, 0) is 60.6 Å². The number of aryl methyl sites for hydroxylation is 2. The summed E-state index contributed by atoms with van der Waals surface area (Å²) in [4.78, 5) is 11.6. The minimum Gasteiger partial charge on any atom is -0.481 e. The van der Waals surface area contributed by atoms with Gasteiger partial charge in [0.05, 0.1) is 17.8 Å². The lowest BCUT2D eigenvalue weighted by atomic mass is 9.83. The molecule has 0 aliphatic rings. The zero-order chi connectivity index (χ0) is 20.8. The fraction of sp³-hybridized carbons (Fsp3) is 0.435. The molecule has 28 heavy (non-hydrogen) atoms. The van der Waals surface area contributed by atoms with Crippen molar-refractivity contribution in [2.75, 3.05) is 17.3 Å². The SMILES string of the molecule is CCCc1ccc(C(CC(=O)O)c2ccc(N(N)CC)c(N)c2C)cc1CC. The van der Waals surface area contributed by atoms with Crippen molar-refractivity contribution in [3.63, 3.8) is 0 Å². The number of hydrogen-bond acceptors (Lipinski definition) is 4. The maximum Gasteiger partial charge on any atom is 0.304 e. The number of hydrazine groups is 1. The fourth-order valence-electron chi connectivity index (χ4n) is 3.82. The second-order valence-corrected chi connectivity index (χ2v) is 7.28. The van der Waals surface area contributed by atoms with E-state index in [1.807, 2.05) is 26.0 Å². The summed E-state index contributed by atoms with van der Waals surface area (Å²) < 4.78 is 0. The summed E-state index contributed by atoms with van der Waals surface area (Å²) in [7, 11) is 0. The number of carboxylic acids is 1. The number of benzene rings is 2. The van der Waals surface area contributed by atoms with Crippen LogP contribution >= 0.6 is 0 Å². The van der Waals surface area contributed by atoms with E-state index in [1.54, 1.807) is 5.01 Å². The molecule has 5 N–H and O–H groups in total. The number of rotatable bonds is 9. The number of nitrogen functional groups attached to an aromatic ring is 1. The Hall–Kier alpha value is -2.53. The van der Waals surface area contributed by atoms with Crippen molar-refractivity contribution in [3.8, 4) is 0 Å². The Kier molecular flexibility index (Phi) is 7.46. The van der Waals surface area contributed by atoms with Gasteiger partial charge in [0, 0.05) is 12.5 Å². The van der Waals surface area contributed by atoms with E-state index in [1.165, 1.54) is 11.1 Å². The van der Waals surface area contributed by atoms with Crippen LogP contribution in [0.15, 0.2) is 30.3 Å². The lowest BCUT2D eigenvalue weighted by molar-refractivity contribution is -0.137. The summed E-state index contributed by atoms with van der Waals surface area (Å²) in [5.74, 6) is 4.95. The number of nitrogens with two attached hydrogens (primary N) is 2. The van der Waals surface area contributed by atoms with E-state index in [2.05, 4.69) is 32.0 Å². The highest BCUT2D eigenvalue weighted by molar-refractivity contribution is 5.74. The van der Waals surface area contributed by atoms with Gasteiger partial charge < -0.3 is 15.8 Å². The summed E-state index contributed by atoms with van der Waals surface area (Å²) in [5.41, 5.74) is 13.2. The number of anilines is 2. The Bertz CT molecular complexity index is 833. The van der Waals surface area contributed by atoms with Crippen LogP contribution < -0.4 is 16.6 Å². The van der Waals surface area contributed by atoms with E-state index in [0.29, 0.717) is 12.2 Å². The highest BCUT2D eigenvalue weighted by Gasteiger charge is 2.23. The molecule has 0 bridgehead atoms. The fourth-order valence-corrected chi connectivity index (χ4v) is 3.82. The number of nitrogens with zero attached hydrogens (tertiary/aromatic N) is 1. The molecule has 2 aromatic rings. The van der Waals surface area contributed by atoms with Gasteiger partial charge in [-0.15, -0.1) is 0 Å². The van der Waals surface area contributed by atoms with E-state index in [9.17, 15) is 9.90 Å². The lowest BCUT2D eigenvalue weighted by Gasteiger charge is -2.25. The molecule has 2 rings (SSSR count). The molecule has 1 atom stereocenters. The van der Waals surface area contributed by atoms with Crippen molar-refractivity contribution >= 4 is 17.3 Å². The Morgan fingerprint density at radius 1 is 1.14 bits per heavy atom. The minimum atomic E-state index is -0.822. The standard InChI is InChI=1S/C23H33N3O2/c1-5-8-17-9-10-18(13-16(17)6-2)20(14-22(27)28)19-11-12-21(26(25)7-3)23(24)15(19)4/h9-13,20H,5-8,14,24-25H2,1-4H3,(H,27,28). The molecule has 0 aliphatic heterocycles. The molecule has 0 fully saturated rings. The number of carboxylic acid groups (broad SMARTS) is 1. The van der Waals surface area contributed by atoms with Crippen LogP contribution in [0, 0.1) is 6.92 Å². The van der Waals surface area contributed by atoms with Gasteiger partial charge >= 0.3 is 5.97 Å². The van der Waals surface area contributed by atoms with Crippen LogP contribution in [0.2, 0.25) is 0 Å². The van der Waals surface area contributed by atoms with Crippen molar-refractivity contribution < 1.29 is 9.90 Å². The van der Waals surface area contributed by atoms with E-state index >= 15 is 0 Å². The smallest absolute Gasteiger partial charge is 0.304 e. The van der Waals surface area contributed by atoms with Crippen LogP contribution in [0.5, 0.6) is 0 Å². The molecule has 0 aromatic heterocycles. The third kappa shape index (κ3) is 4.65. The molecule has 5 heteroatoms. The van der Waals surface area contributed by atoms with Crippen molar-refractivity contribution in [2.24, 2.45) is 5.84 Å². The van der Waals surface area contributed by atoms with E-state index in [0.717, 1.165) is 41.6 Å². The molecule has 0 saturated heterocycles.